The lowest BCUT2D eigenvalue weighted by Crippen LogP contribution is -2.26. The second-order valence-corrected chi connectivity index (χ2v) is 5.68. The molecule has 0 aliphatic rings. The van der Waals surface area contributed by atoms with E-state index in [1.54, 1.807) is 6.92 Å². The van der Waals surface area contributed by atoms with Crippen LogP contribution < -0.4 is 10.1 Å². The minimum absolute atomic E-state index is 0.348. The molecule has 2 aromatic carbocycles. The summed E-state index contributed by atoms with van der Waals surface area (Å²) in [7, 11) is 1.90. The monoisotopic (exact) mass is 343 g/mol. The highest BCUT2D eigenvalue weighted by Crippen LogP contribution is 2.15. The first-order valence-corrected chi connectivity index (χ1v) is 8.45. The minimum Gasteiger partial charge on any atom is -0.493 e. The van der Waals surface area contributed by atoms with Crippen LogP contribution in [0, 0.1) is 0 Å². The van der Waals surface area contributed by atoms with E-state index in [0.717, 1.165) is 23.4 Å². The normalized spacial score (nSPS) is 11.8. The fraction of sp³-hybridized carbons (Fsp3) is 0.350. The summed E-state index contributed by atoms with van der Waals surface area (Å²) in [4.78, 5) is 11.1. The lowest BCUT2D eigenvalue weighted by molar-refractivity contribution is -0.149. The summed E-state index contributed by atoms with van der Waals surface area (Å²) in [6.07, 6.45) is 0.371. The zero-order chi connectivity index (χ0) is 18.1. The molecular weight excluding hydrogens is 318 g/mol. The number of benzene rings is 2. The highest BCUT2D eigenvalue weighted by Gasteiger charge is 2.17. The van der Waals surface area contributed by atoms with Crippen LogP contribution in [0.2, 0.25) is 0 Å². The van der Waals surface area contributed by atoms with Gasteiger partial charge in [-0.25, -0.2) is 4.79 Å². The van der Waals surface area contributed by atoms with Gasteiger partial charge in [-0.1, -0.05) is 24.3 Å². The van der Waals surface area contributed by atoms with Crippen LogP contribution in [0.25, 0.3) is 0 Å². The summed E-state index contributed by atoms with van der Waals surface area (Å²) >= 11 is 0. The number of nitrogens with one attached hydrogen (secondary N) is 1. The zero-order valence-electron chi connectivity index (χ0n) is 14.7. The van der Waals surface area contributed by atoms with Crippen molar-refractivity contribution in [3.63, 3.8) is 0 Å². The van der Waals surface area contributed by atoms with Crippen LogP contribution in [0.3, 0.4) is 0 Å². The molecule has 0 fully saturated rings. The van der Waals surface area contributed by atoms with E-state index < -0.39 is 12.1 Å². The smallest absolute Gasteiger partial charge is 0.333 e. The van der Waals surface area contributed by atoms with Gasteiger partial charge in [0.05, 0.1) is 6.61 Å². The van der Waals surface area contributed by atoms with Gasteiger partial charge in [-0.3, -0.25) is 0 Å². The van der Waals surface area contributed by atoms with Gasteiger partial charge in [-0.05, 0) is 42.3 Å². The Bertz CT molecular complexity index is 652. The van der Waals surface area contributed by atoms with Crippen LogP contribution in [-0.4, -0.2) is 37.4 Å². The van der Waals surface area contributed by atoms with Crippen molar-refractivity contribution < 1.29 is 19.4 Å². The number of aliphatic carboxylic acids is 1. The third-order valence-corrected chi connectivity index (χ3v) is 3.89. The van der Waals surface area contributed by atoms with Gasteiger partial charge in [0.1, 0.15) is 5.75 Å². The van der Waals surface area contributed by atoms with Crippen LogP contribution in [-0.2, 0) is 22.4 Å². The molecular formula is C20H25NO4. The molecule has 0 heterocycles. The minimum atomic E-state index is -0.938. The number of rotatable bonds is 10. The third kappa shape index (κ3) is 6.12. The van der Waals surface area contributed by atoms with E-state index in [4.69, 9.17) is 14.6 Å². The summed E-state index contributed by atoms with van der Waals surface area (Å²) < 4.78 is 11.0. The maximum absolute atomic E-state index is 11.1. The van der Waals surface area contributed by atoms with Crippen molar-refractivity contribution in [2.75, 3.05) is 25.6 Å². The van der Waals surface area contributed by atoms with Crippen LogP contribution in [0.1, 0.15) is 18.1 Å². The third-order valence-electron chi connectivity index (χ3n) is 3.89. The molecule has 0 aliphatic carbocycles. The lowest BCUT2D eigenvalue weighted by Gasteiger charge is -2.13. The van der Waals surface area contributed by atoms with E-state index in [0.29, 0.717) is 19.6 Å². The van der Waals surface area contributed by atoms with E-state index in [2.05, 4.69) is 17.4 Å². The molecule has 0 amide bonds. The molecule has 0 bridgehead atoms. The topological polar surface area (TPSA) is 67.8 Å². The molecule has 0 saturated carbocycles. The maximum Gasteiger partial charge on any atom is 0.333 e. The number of carboxylic acids is 1. The largest absolute Gasteiger partial charge is 0.493 e. The summed E-state index contributed by atoms with van der Waals surface area (Å²) in [6.45, 7) is 2.77. The number of hydrogen-bond acceptors (Lipinski definition) is 4. The van der Waals surface area contributed by atoms with E-state index >= 15 is 0 Å². The molecule has 1 atom stereocenters. The number of ether oxygens (including phenoxy) is 2. The highest BCUT2D eigenvalue weighted by atomic mass is 16.5. The summed E-state index contributed by atoms with van der Waals surface area (Å²) in [5.74, 6) is -0.162. The molecule has 0 saturated heterocycles. The molecule has 134 valence electrons. The van der Waals surface area contributed by atoms with E-state index in [1.165, 1.54) is 5.56 Å². The second kappa shape index (κ2) is 9.69. The first kappa shape index (κ1) is 18.8. The van der Waals surface area contributed by atoms with Gasteiger partial charge in [-0.15, -0.1) is 0 Å². The average molecular weight is 343 g/mol. The van der Waals surface area contributed by atoms with Crippen molar-refractivity contribution in [3.8, 4) is 5.75 Å². The molecule has 5 nitrogen and oxygen atoms in total. The Morgan fingerprint density at radius 1 is 1.08 bits per heavy atom. The van der Waals surface area contributed by atoms with Gasteiger partial charge >= 0.3 is 5.97 Å². The maximum atomic E-state index is 11.1. The van der Waals surface area contributed by atoms with Crippen molar-refractivity contribution in [1.29, 1.82) is 0 Å². The summed E-state index contributed by atoms with van der Waals surface area (Å²) in [5, 5.41) is 12.2. The zero-order valence-corrected chi connectivity index (χ0v) is 14.7. The van der Waals surface area contributed by atoms with Crippen LogP contribution >= 0.6 is 0 Å². The lowest BCUT2D eigenvalue weighted by atomic mass is 10.1. The Hall–Kier alpha value is -2.53. The van der Waals surface area contributed by atoms with Crippen LogP contribution in [0.15, 0.2) is 48.5 Å². The second-order valence-electron chi connectivity index (χ2n) is 5.68. The first-order valence-electron chi connectivity index (χ1n) is 8.45. The standard InChI is InChI=1S/C20H25NO4/c1-3-24-19(20(22)23)14-16-6-10-18(11-7-16)25-13-12-15-4-8-17(21-2)9-5-15/h4-11,19,21H,3,12-14H2,1-2H3,(H,22,23). The predicted molar refractivity (Wildman–Crippen MR) is 98.4 cm³/mol. The Morgan fingerprint density at radius 2 is 1.72 bits per heavy atom. The predicted octanol–water partition coefficient (Wildman–Crippen LogP) is 3.38. The van der Waals surface area contributed by atoms with Crippen LogP contribution in [0.5, 0.6) is 5.75 Å². The number of hydrogen-bond donors (Lipinski definition) is 2. The Balaban J connectivity index is 1.82. The molecule has 0 radical (unpaired) electrons. The molecule has 2 aromatic rings. The fourth-order valence-electron chi connectivity index (χ4n) is 2.48. The molecule has 2 N–H and O–H groups in total. The Kier molecular flexibility index (Phi) is 7.29. The van der Waals surface area contributed by atoms with Gasteiger partial charge in [0.2, 0.25) is 0 Å². The first-order chi connectivity index (χ1) is 12.1. The van der Waals surface area contributed by atoms with Crippen molar-refractivity contribution >= 4 is 11.7 Å². The number of carboxylic acid groups (broad SMARTS) is 1. The summed E-state index contributed by atoms with van der Waals surface area (Å²) in [6, 6.07) is 15.7. The number of anilines is 1. The van der Waals surface area contributed by atoms with Crippen molar-refractivity contribution in [2.45, 2.75) is 25.9 Å². The molecule has 1 unspecified atom stereocenters. The molecule has 2 rings (SSSR count). The van der Waals surface area contributed by atoms with Gasteiger partial charge < -0.3 is 19.9 Å². The summed E-state index contributed by atoms with van der Waals surface area (Å²) in [5.41, 5.74) is 3.22. The van der Waals surface area contributed by atoms with E-state index in [1.807, 2.05) is 43.4 Å². The quantitative estimate of drug-likeness (QED) is 0.692. The fourth-order valence-corrected chi connectivity index (χ4v) is 2.48. The van der Waals surface area contributed by atoms with Crippen molar-refractivity contribution in [3.05, 3.63) is 59.7 Å². The molecule has 25 heavy (non-hydrogen) atoms. The Labute approximate surface area is 148 Å². The van der Waals surface area contributed by atoms with E-state index in [9.17, 15) is 4.79 Å². The van der Waals surface area contributed by atoms with Gasteiger partial charge in [-0.2, -0.15) is 0 Å². The van der Waals surface area contributed by atoms with Crippen LogP contribution in [0.4, 0.5) is 5.69 Å². The van der Waals surface area contributed by atoms with Gasteiger partial charge in [0, 0.05) is 32.2 Å². The number of carbonyl (C=O) groups is 1. The van der Waals surface area contributed by atoms with Gasteiger partial charge in [0.25, 0.3) is 0 Å². The van der Waals surface area contributed by atoms with Crippen molar-refractivity contribution in [2.24, 2.45) is 0 Å². The highest BCUT2D eigenvalue weighted by molar-refractivity contribution is 5.72. The molecule has 0 aliphatic heterocycles. The Morgan fingerprint density at radius 3 is 2.28 bits per heavy atom. The van der Waals surface area contributed by atoms with E-state index in [-0.39, 0.29) is 0 Å². The van der Waals surface area contributed by atoms with Gasteiger partial charge in [0.15, 0.2) is 6.10 Å². The molecule has 0 aromatic heterocycles. The molecule has 5 heteroatoms. The molecule has 0 spiro atoms. The SMILES string of the molecule is CCOC(Cc1ccc(OCCc2ccc(NC)cc2)cc1)C(=O)O. The average Bonchev–Trinajstić information content (AvgIpc) is 2.63. The van der Waals surface area contributed by atoms with Crippen molar-refractivity contribution in [1.82, 2.24) is 0 Å².